The molecule has 88 valence electrons. The molecule has 3 rings (SSSR count). The molecule has 4 nitrogen and oxygen atoms in total. The highest BCUT2D eigenvalue weighted by Gasteiger charge is 2.25. The van der Waals surface area contributed by atoms with Crippen molar-refractivity contribution in [1.82, 2.24) is 5.16 Å². The minimum absolute atomic E-state index is 0.0469. The number of carboxylic acid groups (broad SMARTS) is 1. The summed E-state index contributed by atoms with van der Waals surface area (Å²) in [4.78, 5) is 10.7. The largest absolute Gasteiger partial charge is 0.481 e. The van der Waals surface area contributed by atoms with Crippen molar-refractivity contribution in [1.29, 1.82) is 0 Å². The summed E-state index contributed by atoms with van der Waals surface area (Å²) in [6.07, 6.45) is 3.58. The SMILES string of the molecule is O=C(O)Cc1ccc2noc(C3CCC3)c2c1. The molecule has 0 bridgehead atoms. The summed E-state index contributed by atoms with van der Waals surface area (Å²) >= 11 is 0. The van der Waals surface area contributed by atoms with Gasteiger partial charge in [-0.25, -0.2) is 0 Å². The summed E-state index contributed by atoms with van der Waals surface area (Å²) in [5.74, 6) is 0.588. The van der Waals surface area contributed by atoms with Gasteiger partial charge in [-0.1, -0.05) is 17.6 Å². The maximum atomic E-state index is 10.7. The zero-order valence-corrected chi connectivity index (χ0v) is 9.35. The standard InChI is InChI=1S/C13H13NO3/c15-12(16)7-8-4-5-11-10(6-8)13(17-14-11)9-2-1-3-9/h4-6,9H,1-3,7H2,(H,15,16). The molecule has 4 heteroatoms. The first-order valence-electron chi connectivity index (χ1n) is 5.84. The summed E-state index contributed by atoms with van der Waals surface area (Å²) < 4.78 is 5.38. The lowest BCUT2D eigenvalue weighted by atomic mass is 9.82. The van der Waals surface area contributed by atoms with Crippen LogP contribution in [0.25, 0.3) is 10.9 Å². The number of aliphatic carboxylic acids is 1. The first kappa shape index (κ1) is 10.3. The average molecular weight is 231 g/mol. The maximum Gasteiger partial charge on any atom is 0.307 e. The fraction of sp³-hybridized carbons (Fsp3) is 0.385. The van der Waals surface area contributed by atoms with Crippen molar-refractivity contribution in [3.8, 4) is 0 Å². The van der Waals surface area contributed by atoms with Crippen LogP contribution in [-0.2, 0) is 11.2 Å². The average Bonchev–Trinajstić information content (AvgIpc) is 2.58. The van der Waals surface area contributed by atoms with Crippen molar-refractivity contribution in [2.45, 2.75) is 31.6 Å². The summed E-state index contributed by atoms with van der Waals surface area (Å²) in [7, 11) is 0. The van der Waals surface area contributed by atoms with Crippen molar-refractivity contribution in [2.24, 2.45) is 0 Å². The topological polar surface area (TPSA) is 63.3 Å². The van der Waals surface area contributed by atoms with Crippen LogP contribution in [0, 0.1) is 0 Å². The van der Waals surface area contributed by atoms with Crippen LogP contribution in [0.3, 0.4) is 0 Å². The fourth-order valence-corrected chi connectivity index (χ4v) is 2.26. The molecule has 0 atom stereocenters. The van der Waals surface area contributed by atoms with E-state index >= 15 is 0 Å². The molecule has 2 aromatic rings. The van der Waals surface area contributed by atoms with Crippen molar-refractivity contribution < 1.29 is 14.4 Å². The van der Waals surface area contributed by atoms with Gasteiger partial charge in [0.2, 0.25) is 0 Å². The second kappa shape index (κ2) is 3.87. The van der Waals surface area contributed by atoms with E-state index in [0.717, 1.165) is 35.1 Å². The summed E-state index contributed by atoms with van der Waals surface area (Å²) in [6, 6.07) is 5.52. The van der Waals surface area contributed by atoms with Crippen LogP contribution in [0.2, 0.25) is 0 Å². The molecule has 17 heavy (non-hydrogen) atoms. The Kier molecular flexibility index (Phi) is 2.35. The van der Waals surface area contributed by atoms with E-state index in [0.29, 0.717) is 5.92 Å². The molecule has 1 heterocycles. The molecule has 1 aromatic heterocycles. The van der Waals surface area contributed by atoms with Crippen LogP contribution in [0.4, 0.5) is 0 Å². The molecule has 0 spiro atoms. The van der Waals surface area contributed by atoms with Gasteiger partial charge < -0.3 is 9.63 Å². The second-order valence-corrected chi connectivity index (χ2v) is 4.60. The van der Waals surface area contributed by atoms with Crippen molar-refractivity contribution in [2.75, 3.05) is 0 Å². The minimum Gasteiger partial charge on any atom is -0.481 e. The van der Waals surface area contributed by atoms with E-state index in [1.165, 1.54) is 6.42 Å². The maximum absolute atomic E-state index is 10.7. The van der Waals surface area contributed by atoms with Gasteiger partial charge in [-0.3, -0.25) is 4.79 Å². The first-order valence-corrected chi connectivity index (χ1v) is 5.84. The molecule has 1 saturated carbocycles. The molecule has 0 amide bonds. The third kappa shape index (κ3) is 1.79. The van der Waals surface area contributed by atoms with E-state index in [-0.39, 0.29) is 6.42 Å². The number of hydrogen-bond donors (Lipinski definition) is 1. The Hall–Kier alpha value is -1.84. The lowest BCUT2D eigenvalue weighted by Crippen LogP contribution is -2.08. The number of hydrogen-bond acceptors (Lipinski definition) is 3. The Balaban J connectivity index is 2.02. The molecule has 1 N–H and O–H groups in total. The van der Waals surface area contributed by atoms with Gasteiger partial charge in [-0.05, 0) is 30.5 Å². The van der Waals surface area contributed by atoms with Gasteiger partial charge in [-0.15, -0.1) is 0 Å². The Morgan fingerprint density at radius 2 is 2.29 bits per heavy atom. The number of fused-ring (bicyclic) bond motifs is 1. The quantitative estimate of drug-likeness (QED) is 0.882. The number of carboxylic acids is 1. The molecular weight excluding hydrogens is 218 g/mol. The lowest BCUT2D eigenvalue weighted by molar-refractivity contribution is -0.136. The lowest BCUT2D eigenvalue weighted by Gasteiger charge is -2.22. The fourth-order valence-electron chi connectivity index (χ4n) is 2.26. The predicted octanol–water partition coefficient (Wildman–Crippen LogP) is 2.72. The Morgan fingerprint density at radius 3 is 2.94 bits per heavy atom. The van der Waals surface area contributed by atoms with E-state index in [4.69, 9.17) is 9.63 Å². The molecule has 0 saturated heterocycles. The van der Waals surface area contributed by atoms with Crippen molar-refractivity contribution in [3.05, 3.63) is 29.5 Å². The Morgan fingerprint density at radius 1 is 1.47 bits per heavy atom. The van der Waals surface area contributed by atoms with Crippen molar-refractivity contribution in [3.63, 3.8) is 0 Å². The van der Waals surface area contributed by atoms with Gasteiger partial charge in [-0.2, -0.15) is 0 Å². The van der Waals surface area contributed by atoms with E-state index in [1.54, 1.807) is 6.07 Å². The summed E-state index contributed by atoms with van der Waals surface area (Å²) in [6.45, 7) is 0. The summed E-state index contributed by atoms with van der Waals surface area (Å²) in [5.41, 5.74) is 1.62. The van der Waals surface area contributed by atoms with Crippen molar-refractivity contribution >= 4 is 16.9 Å². The molecular formula is C13H13NO3. The molecule has 1 aromatic carbocycles. The molecule has 1 aliphatic carbocycles. The van der Waals surface area contributed by atoms with Crippen LogP contribution in [0.1, 0.15) is 36.5 Å². The van der Waals surface area contributed by atoms with E-state index < -0.39 is 5.97 Å². The number of benzene rings is 1. The normalized spacial score (nSPS) is 16.0. The summed E-state index contributed by atoms with van der Waals surface area (Å²) in [5, 5.41) is 13.8. The smallest absolute Gasteiger partial charge is 0.307 e. The van der Waals surface area contributed by atoms with Crippen LogP contribution in [-0.4, -0.2) is 16.2 Å². The van der Waals surface area contributed by atoms with Gasteiger partial charge in [0.1, 0.15) is 11.3 Å². The van der Waals surface area contributed by atoms with E-state index in [2.05, 4.69) is 5.16 Å². The Bertz CT molecular complexity index is 569. The molecule has 1 fully saturated rings. The minimum atomic E-state index is -0.814. The van der Waals surface area contributed by atoms with Gasteiger partial charge >= 0.3 is 5.97 Å². The molecule has 0 radical (unpaired) electrons. The third-order valence-electron chi connectivity index (χ3n) is 3.40. The highest BCUT2D eigenvalue weighted by molar-refractivity contribution is 5.83. The zero-order valence-electron chi connectivity index (χ0n) is 9.35. The predicted molar refractivity (Wildman–Crippen MR) is 61.9 cm³/mol. The first-order chi connectivity index (χ1) is 8.24. The molecule has 0 unspecified atom stereocenters. The number of nitrogens with zero attached hydrogens (tertiary/aromatic N) is 1. The Labute approximate surface area is 98.2 Å². The van der Waals surface area contributed by atoms with Gasteiger partial charge in [0.15, 0.2) is 0 Å². The number of carbonyl (C=O) groups is 1. The van der Waals surface area contributed by atoms with Gasteiger partial charge in [0.05, 0.1) is 6.42 Å². The monoisotopic (exact) mass is 231 g/mol. The highest BCUT2D eigenvalue weighted by Crippen LogP contribution is 2.39. The number of rotatable bonds is 3. The van der Waals surface area contributed by atoms with Crippen LogP contribution in [0.15, 0.2) is 22.7 Å². The van der Waals surface area contributed by atoms with E-state index in [9.17, 15) is 4.79 Å². The van der Waals surface area contributed by atoms with Gasteiger partial charge in [0, 0.05) is 11.3 Å². The number of aromatic nitrogens is 1. The molecule has 1 aliphatic rings. The second-order valence-electron chi connectivity index (χ2n) is 4.60. The van der Waals surface area contributed by atoms with Crippen LogP contribution < -0.4 is 0 Å². The third-order valence-corrected chi connectivity index (χ3v) is 3.40. The zero-order chi connectivity index (χ0) is 11.8. The molecule has 0 aliphatic heterocycles. The van der Waals surface area contributed by atoms with Crippen LogP contribution in [0.5, 0.6) is 0 Å². The highest BCUT2D eigenvalue weighted by atomic mass is 16.5. The van der Waals surface area contributed by atoms with E-state index in [1.807, 2.05) is 12.1 Å². The van der Waals surface area contributed by atoms with Crippen LogP contribution >= 0.6 is 0 Å². The van der Waals surface area contributed by atoms with Gasteiger partial charge in [0.25, 0.3) is 0 Å².